The molecule has 2 heteroatoms. The Hall–Kier alpha value is -0.760. The molecule has 0 saturated heterocycles. The SMILES string of the molecule is CCC(C)n1ccc(CN)c1. The zero-order valence-electron chi connectivity index (χ0n) is 7.25. The lowest BCUT2D eigenvalue weighted by atomic mass is 10.2. The van der Waals surface area contributed by atoms with Crippen molar-refractivity contribution in [2.45, 2.75) is 32.9 Å². The molecule has 0 radical (unpaired) electrons. The molecule has 0 aliphatic rings. The van der Waals surface area contributed by atoms with Crippen molar-refractivity contribution in [1.29, 1.82) is 0 Å². The van der Waals surface area contributed by atoms with Gasteiger partial charge < -0.3 is 10.3 Å². The highest BCUT2D eigenvalue weighted by Crippen LogP contribution is 2.11. The van der Waals surface area contributed by atoms with E-state index in [1.807, 2.05) is 0 Å². The van der Waals surface area contributed by atoms with E-state index in [4.69, 9.17) is 5.73 Å². The van der Waals surface area contributed by atoms with Gasteiger partial charge in [0.1, 0.15) is 0 Å². The van der Waals surface area contributed by atoms with Gasteiger partial charge >= 0.3 is 0 Å². The number of hydrogen-bond acceptors (Lipinski definition) is 1. The zero-order chi connectivity index (χ0) is 8.27. The normalized spacial score (nSPS) is 13.4. The summed E-state index contributed by atoms with van der Waals surface area (Å²) in [6, 6.07) is 2.67. The van der Waals surface area contributed by atoms with Gasteiger partial charge in [-0.1, -0.05) is 6.92 Å². The first-order chi connectivity index (χ1) is 5.27. The molecule has 62 valence electrons. The molecule has 0 fully saturated rings. The average Bonchev–Trinajstić information content (AvgIpc) is 2.50. The van der Waals surface area contributed by atoms with Crippen molar-refractivity contribution in [1.82, 2.24) is 4.57 Å². The van der Waals surface area contributed by atoms with E-state index in [1.54, 1.807) is 0 Å². The van der Waals surface area contributed by atoms with Crippen LogP contribution in [0.1, 0.15) is 31.9 Å². The van der Waals surface area contributed by atoms with Crippen LogP contribution in [0.2, 0.25) is 0 Å². The fourth-order valence-electron chi connectivity index (χ4n) is 1.07. The molecule has 11 heavy (non-hydrogen) atoms. The van der Waals surface area contributed by atoms with Crippen LogP contribution in [-0.4, -0.2) is 4.57 Å². The first-order valence-corrected chi connectivity index (χ1v) is 4.14. The second-order valence-corrected chi connectivity index (χ2v) is 2.93. The lowest BCUT2D eigenvalue weighted by Gasteiger charge is -2.09. The maximum absolute atomic E-state index is 5.49. The van der Waals surface area contributed by atoms with Crippen LogP contribution in [0.5, 0.6) is 0 Å². The lowest BCUT2D eigenvalue weighted by Crippen LogP contribution is -2.00. The summed E-state index contributed by atoms with van der Waals surface area (Å²) in [6.45, 7) is 5.04. The summed E-state index contributed by atoms with van der Waals surface area (Å²) in [4.78, 5) is 0. The van der Waals surface area contributed by atoms with Gasteiger partial charge in [0, 0.05) is 25.0 Å². The summed E-state index contributed by atoms with van der Waals surface area (Å²) < 4.78 is 2.21. The van der Waals surface area contributed by atoms with Gasteiger partial charge in [-0.05, 0) is 25.0 Å². The Morgan fingerprint density at radius 1 is 1.64 bits per heavy atom. The fourth-order valence-corrected chi connectivity index (χ4v) is 1.07. The number of aromatic nitrogens is 1. The second-order valence-electron chi connectivity index (χ2n) is 2.93. The van der Waals surface area contributed by atoms with E-state index >= 15 is 0 Å². The average molecular weight is 152 g/mol. The van der Waals surface area contributed by atoms with Gasteiger partial charge in [-0.15, -0.1) is 0 Å². The molecule has 1 unspecified atom stereocenters. The Morgan fingerprint density at radius 2 is 2.36 bits per heavy atom. The minimum absolute atomic E-state index is 0.593. The molecule has 1 heterocycles. The predicted octanol–water partition coefficient (Wildman–Crippen LogP) is 1.92. The van der Waals surface area contributed by atoms with E-state index in [1.165, 1.54) is 12.0 Å². The third-order valence-corrected chi connectivity index (χ3v) is 2.11. The van der Waals surface area contributed by atoms with Crippen LogP contribution in [-0.2, 0) is 6.54 Å². The van der Waals surface area contributed by atoms with E-state index in [0.717, 1.165) is 0 Å². The minimum atomic E-state index is 0.593. The molecule has 1 atom stereocenters. The summed E-state index contributed by atoms with van der Waals surface area (Å²) in [6.07, 6.45) is 5.38. The monoisotopic (exact) mass is 152 g/mol. The smallest absolute Gasteiger partial charge is 0.0299 e. The van der Waals surface area contributed by atoms with Crippen molar-refractivity contribution in [3.63, 3.8) is 0 Å². The van der Waals surface area contributed by atoms with Gasteiger partial charge in [-0.25, -0.2) is 0 Å². The maximum Gasteiger partial charge on any atom is 0.0299 e. The molecule has 0 bridgehead atoms. The molecule has 1 rings (SSSR count). The largest absolute Gasteiger partial charge is 0.351 e. The lowest BCUT2D eigenvalue weighted by molar-refractivity contribution is 0.532. The molecule has 0 aromatic carbocycles. The third-order valence-electron chi connectivity index (χ3n) is 2.11. The molecular weight excluding hydrogens is 136 g/mol. The van der Waals surface area contributed by atoms with Crippen LogP contribution in [0.25, 0.3) is 0 Å². The van der Waals surface area contributed by atoms with Crippen LogP contribution < -0.4 is 5.73 Å². The van der Waals surface area contributed by atoms with Crippen LogP contribution in [0, 0.1) is 0 Å². The first kappa shape index (κ1) is 8.34. The van der Waals surface area contributed by atoms with Crippen LogP contribution in [0.4, 0.5) is 0 Å². The summed E-state index contributed by atoms with van der Waals surface area (Å²) in [5.41, 5.74) is 6.70. The van der Waals surface area contributed by atoms with Crippen molar-refractivity contribution in [2.75, 3.05) is 0 Å². The quantitative estimate of drug-likeness (QED) is 0.704. The van der Waals surface area contributed by atoms with Gasteiger partial charge in [0.15, 0.2) is 0 Å². The van der Waals surface area contributed by atoms with Crippen LogP contribution >= 0.6 is 0 Å². The van der Waals surface area contributed by atoms with Gasteiger partial charge in [-0.2, -0.15) is 0 Å². The van der Waals surface area contributed by atoms with E-state index in [9.17, 15) is 0 Å². The molecular formula is C9H16N2. The summed E-state index contributed by atoms with van der Waals surface area (Å²) in [5, 5.41) is 0. The second kappa shape index (κ2) is 3.58. The molecule has 2 nitrogen and oxygen atoms in total. The van der Waals surface area contributed by atoms with Crippen molar-refractivity contribution in [3.05, 3.63) is 24.0 Å². The van der Waals surface area contributed by atoms with Gasteiger partial charge in [0.2, 0.25) is 0 Å². The fraction of sp³-hybridized carbons (Fsp3) is 0.556. The van der Waals surface area contributed by atoms with Crippen molar-refractivity contribution in [2.24, 2.45) is 5.73 Å². The van der Waals surface area contributed by atoms with E-state index < -0.39 is 0 Å². The predicted molar refractivity (Wildman–Crippen MR) is 47.3 cm³/mol. The minimum Gasteiger partial charge on any atom is -0.351 e. The van der Waals surface area contributed by atoms with Crippen molar-refractivity contribution < 1.29 is 0 Å². The Morgan fingerprint density at radius 3 is 2.82 bits per heavy atom. The highest BCUT2D eigenvalue weighted by molar-refractivity contribution is 5.10. The topological polar surface area (TPSA) is 30.9 Å². The Labute approximate surface area is 68.0 Å². The molecule has 1 aromatic heterocycles. The van der Waals surface area contributed by atoms with Crippen molar-refractivity contribution >= 4 is 0 Å². The van der Waals surface area contributed by atoms with Crippen LogP contribution in [0.15, 0.2) is 18.5 Å². The Bertz CT molecular complexity index is 215. The Balaban J connectivity index is 2.71. The molecule has 2 N–H and O–H groups in total. The summed E-state index contributed by atoms with van der Waals surface area (Å²) in [5.74, 6) is 0. The Kier molecular flexibility index (Phi) is 2.71. The molecule has 1 aromatic rings. The molecule has 0 amide bonds. The molecule has 0 spiro atoms. The highest BCUT2D eigenvalue weighted by atomic mass is 15.0. The summed E-state index contributed by atoms with van der Waals surface area (Å²) in [7, 11) is 0. The van der Waals surface area contributed by atoms with Gasteiger partial charge in [0.05, 0.1) is 0 Å². The number of rotatable bonds is 3. The standard InChI is InChI=1S/C9H16N2/c1-3-8(2)11-5-4-9(6-10)7-11/h4-5,7-8H,3,6,10H2,1-2H3. The third kappa shape index (κ3) is 1.84. The molecule has 0 aliphatic heterocycles. The van der Waals surface area contributed by atoms with E-state index in [2.05, 4.69) is 36.9 Å². The van der Waals surface area contributed by atoms with Gasteiger partial charge in [-0.3, -0.25) is 0 Å². The zero-order valence-corrected chi connectivity index (χ0v) is 7.25. The highest BCUT2D eigenvalue weighted by Gasteiger charge is 2.00. The van der Waals surface area contributed by atoms with E-state index in [0.29, 0.717) is 12.6 Å². The molecule has 0 aliphatic carbocycles. The van der Waals surface area contributed by atoms with Gasteiger partial charge in [0.25, 0.3) is 0 Å². The number of nitrogens with two attached hydrogens (primary N) is 1. The number of nitrogens with zero attached hydrogens (tertiary/aromatic N) is 1. The van der Waals surface area contributed by atoms with E-state index in [-0.39, 0.29) is 0 Å². The maximum atomic E-state index is 5.49. The van der Waals surface area contributed by atoms with Crippen LogP contribution in [0.3, 0.4) is 0 Å². The number of hydrogen-bond donors (Lipinski definition) is 1. The summed E-state index contributed by atoms with van der Waals surface area (Å²) >= 11 is 0. The molecule has 0 saturated carbocycles. The first-order valence-electron chi connectivity index (χ1n) is 4.14. The van der Waals surface area contributed by atoms with Crippen molar-refractivity contribution in [3.8, 4) is 0 Å².